The van der Waals surface area contributed by atoms with Crippen molar-refractivity contribution >= 4 is 34.3 Å². The molecule has 0 radical (unpaired) electrons. The summed E-state index contributed by atoms with van der Waals surface area (Å²) < 4.78 is 1.89. The molecule has 10 nitrogen and oxygen atoms in total. The smallest absolute Gasteiger partial charge is 0.259 e. The Hall–Kier alpha value is -4.44. The van der Waals surface area contributed by atoms with Gasteiger partial charge >= 0.3 is 0 Å². The minimum absolute atomic E-state index is 0.356. The molecular formula is C26H26N8O2. The van der Waals surface area contributed by atoms with Crippen LogP contribution in [0.3, 0.4) is 0 Å². The van der Waals surface area contributed by atoms with E-state index in [1.165, 1.54) is 6.33 Å². The van der Waals surface area contributed by atoms with Crippen LogP contribution >= 0.6 is 0 Å². The highest BCUT2D eigenvalue weighted by atomic mass is 16.3. The number of nitrogens with zero attached hydrogens (tertiary/aromatic N) is 6. The molecule has 1 aromatic carbocycles. The van der Waals surface area contributed by atoms with Crippen molar-refractivity contribution < 1.29 is 9.90 Å². The van der Waals surface area contributed by atoms with Crippen LogP contribution in [-0.2, 0) is 11.8 Å². The number of nitrogens with one attached hydrogen (secondary N) is 1. The molecule has 182 valence electrons. The zero-order chi connectivity index (χ0) is 24.8. The molecule has 2 aliphatic heterocycles. The predicted molar refractivity (Wildman–Crippen MR) is 137 cm³/mol. The van der Waals surface area contributed by atoms with Crippen LogP contribution in [0.15, 0.2) is 72.5 Å². The highest BCUT2D eigenvalue weighted by Gasteiger charge is 2.42. The lowest BCUT2D eigenvalue weighted by atomic mass is 10.0. The fraction of sp³-hybridized carbons (Fsp3) is 0.231. The second-order valence-corrected chi connectivity index (χ2v) is 8.99. The molecule has 2 aliphatic rings. The molecule has 36 heavy (non-hydrogen) atoms. The number of pyridine rings is 1. The molecule has 10 heteroatoms. The van der Waals surface area contributed by atoms with Gasteiger partial charge in [0, 0.05) is 42.8 Å². The van der Waals surface area contributed by atoms with E-state index in [4.69, 9.17) is 5.73 Å². The number of benzene rings is 1. The average Bonchev–Trinajstić information content (AvgIpc) is 3.39. The number of nitrogen functional groups attached to an aromatic ring is 1. The van der Waals surface area contributed by atoms with Gasteiger partial charge in [-0.25, -0.2) is 15.0 Å². The van der Waals surface area contributed by atoms with Gasteiger partial charge in [0.05, 0.1) is 16.6 Å². The van der Waals surface area contributed by atoms with Crippen molar-refractivity contribution in [2.45, 2.75) is 25.5 Å². The number of aliphatic hydroxyl groups excluding tert-OH is 1. The van der Waals surface area contributed by atoms with Gasteiger partial charge in [0.15, 0.2) is 6.23 Å². The van der Waals surface area contributed by atoms with Crippen LogP contribution in [0.5, 0.6) is 0 Å². The maximum atomic E-state index is 13.4. The number of nitrogens with two attached hydrogens (primary N) is 1. The number of rotatable bonds is 4. The minimum atomic E-state index is -1.07. The summed E-state index contributed by atoms with van der Waals surface area (Å²) in [6.07, 6.45) is 6.70. The first-order chi connectivity index (χ1) is 17.5. The summed E-state index contributed by atoms with van der Waals surface area (Å²) >= 11 is 0. The Morgan fingerprint density at radius 3 is 2.72 bits per heavy atom. The summed E-state index contributed by atoms with van der Waals surface area (Å²) in [5, 5.41) is 18.7. The van der Waals surface area contributed by atoms with Gasteiger partial charge in [-0.1, -0.05) is 18.2 Å². The molecule has 1 amide bonds. The second kappa shape index (κ2) is 8.65. The standard InChI is InChI=1S/C26H26N8O2/c1-32-14-18(21-23(27)29-15-30-24(21)32)16-10-11-20(28-13-16)31-25(35)22-19-9-5-6-12-33(19)34(26(22)36)17-7-3-2-4-8-17/h2-4,7-8,10-11,13-15,26,36H,5-6,9,12H2,1H3,(H2,27,29,30)(H,28,31,35). The molecule has 1 atom stereocenters. The molecule has 1 fully saturated rings. The fourth-order valence-corrected chi connectivity index (χ4v) is 5.11. The van der Waals surface area contributed by atoms with Gasteiger partial charge in [0.2, 0.25) is 0 Å². The van der Waals surface area contributed by atoms with Crippen LogP contribution < -0.4 is 16.1 Å². The number of allylic oxidation sites excluding steroid dienone is 1. The third-order valence-corrected chi connectivity index (χ3v) is 6.77. The molecule has 1 saturated heterocycles. The first kappa shape index (κ1) is 22.1. The first-order valence-electron chi connectivity index (χ1n) is 11.9. The van der Waals surface area contributed by atoms with E-state index in [0.717, 1.165) is 59.4 Å². The van der Waals surface area contributed by atoms with E-state index in [9.17, 15) is 9.90 Å². The van der Waals surface area contributed by atoms with Crippen molar-refractivity contribution in [3.8, 4) is 11.1 Å². The summed E-state index contributed by atoms with van der Waals surface area (Å²) in [5.74, 6) is 0.441. The molecule has 5 heterocycles. The lowest BCUT2D eigenvalue weighted by Crippen LogP contribution is -2.45. The third-order valence-electron chi connectivity index (χ3n) is 6.77. The van der Waals surface area contributed by atoms with Gasteiger partial charge in [-0.2, -0.15) is 0 Å². The Morgan fingerprint density at radius 1 is 1.11 bits per heavy atom. The van der Waals surface area contributed by atoms with Crippen molar-refractivity contribution in [2.24, 2.45) is 7.05 Å². The van der Waals surface area contributed by atoms with Crippen molar-refractivity contribution in [1.29, 1.82) is 0 Å². The van der Waals surface area contributed by atoms with Crippen LogP contribution in [-0.4, -0.2) is 48.3 Å². The van der Waals surface area contributed by atoms with Crippen LogP contribution in [0.2, 0.25) is 0 Å². The zero-order valence-electron chi connectivity index (χ0n) is 19.8. The first-order valence-corrected chi connectivity index (χ1v) is 11.9. The number of hydrazine groups is 1. The number of aliphatic hydroxyl groups is 1. The number of carbonyl (C=O) groups is 1. The van der Waals surface area contributed by atoms with Crippen LogP contribution in [0.25, 0.3) is 22.2 Å². The summed E-state index contributed by atoms with van der Waals surface area (Å²) in [4.78, 5) is 26.3. The number of fused-ring (bicyclic) bond motifs is 2. The molecule has 4 N–H and O–H groups in total. The lowest BCUT2D eigenvalue weighted by molar-refractivity contribution is -0.113. The monoisotopic (exact) mass is 482 g/mol. The number of aromatic nitrogens is 4. The number of aryl methyl sites for hydroxylation is 1. The SMILES string of the molecule is Cn1cc(-c2ccc(NC(=O)C3=C4CCCCN4N(c4ccccc4)C3O)nc2)c2c(N)ncnc21. The van der Waals surface area contributed by atoms with Gasteiger partial charge in [-0.05, 0) is 43.5 Å². The molecular weight excluding hydrogens is 456 g/mol. The second-order valence-electron chi connectivity index (χ2n) is 8.99. The molecule has 4 aromatic rings. The Morgan fingerprint density at radius 2 is 1.94 bits per heavy atom. The molecule has 0 saturated carbocycles. The van der Waals surface area contributed by atoms with Crippen LogP contribution in [0, 0.1) is 0 Å². The van der Waals surface area contributed by atoms with Crippen molar-refractivity contribution in [3.63, 3.8) is 0 Å². The van der Waals surface area contributed by atoms with E-state index in [0.29, 0.717) is 17.2 Å². The van der Waals surface area contributed by atoms with E-state index in [1.807, 2.05) is 59.2 Å². The summed E-state index contributed by atoms with van der Waals surface area (Å²) in [5.41, 5.74) is 10.6. The number of hydrogen-bond acceptors (Lipinski definition) is 8. The molecule has 0 spiro atoms. The van der Waals surface area contributed by atoms with E-state index >= 15 is 0 Å². The zero-order valence-corrected chi connectivity index (χ0v) is 19.8. The largest absolute Gasteiger partial charge is 0.383 e. The Kier molecular flexibility index (Phi) is 5.30. The normalized spacial score (nSPS) is 17.6. The summed E-state index contributed by atoms with van der Waals surface area (Å²) in [7, 11) is 1.90. The van der Waals surface area contributed by atoms with Gasteiger partial charge in [-0.15, -0.1) is 0 Å². The lowest BCUT2D eigenvalue weighted by Gasteiger charge is -2.37. The van der Waals surface area contributed by atoms with Crippen LogP contribution in [0.1, 0.15) is 19.3 Å². The fourth-order valence-electron chi connectivity index (χ4n) is 5.11. The van der Waals surface area contributed by atoms with Crippen molar-refractivity contribution in [1.82, 2.24) is 24.5 Å². The number of amides is 1. The van der Waals surface area contributed by atoms with Gasteiger partial charge in [-0.3, -0.25) is 14.8 Å². The number of anilines is 3. The van der Waals surface area contributed by atoms with Crippen molar-refractivity contribution in [3.05, 3.63) is 72.5 Å². The highest BCUT2D eigenvalue weighted by Crippen LogP contribution is 2.38. The third kappa shape index (κ3) is 3.54. The molecule has 6 rings (SSSR count). The number of para-hydroxylation sites is 1. The number of hydrogen-bond donors (Lipinski definition) is 3. The number of piperidine rings is 1. The maximum absolute atomic E-state index is 13.4. The average molecular weight is 483 g/mol. The van der Waals surface area contributed by atoms with E-state index in [-0.39, 0.29) is 5.91 Å². The maximum Gasteiger partial charge on any atom is 0.259 e. The van der Waals surface area contributed by atoms with E-state index in [2.05, 4.69) is 20.3 Å². The molecule has 0 bridgehead atoms. The van der Waals surface area contributed by atoms with Gasteiger partial charge < -0.3 is 20.7 Å². The highest BCUT2D eigenvalue weighted by molar-refractivity contribution is 6.05. The Labute approximate surface area is 207 Å². The van der Waals surface area contributed by atoms with Crippen molar-refractivity contribution in [2.75, 3.05) is 22.6 Å². The van der Waals surface area contributed by atoms with Gasteiger partial charge in [0.25, 0.3) is 5.91 Å². The quantitative estimate of drug-likeness (QED) is 0.405. The molecule has 0 aliphatic carbocycles. The topological polar surface area (TPSA) is 125 Å². The predicted octanol–water partition coefficient (Wildman–Crippen LogP) is 3.04. The molecule has 1 unspecified atom stereocenters. The minimum Gasteiger partial charge on any atom is -0.383 e. The van der Waals surface area contributed by atoms with Gasteiger partial charge in [0.1, 0.15) is 23.6 Å². The number of carbonyl (C=O) groups excluding carboxylic acids is 1. The van der Waals surface area contributed by atoms with E-state index < -0.39 is 6.23 Å². The Balaban J connectivity index is 1.27. The summed E-state index contributed by atoms with van der Waals surface area (Å²) in [6, 6.07) is 13.3. The summed E-state index contributed by atoms with van der Waals surface area (Å²) in [6.45, 7) is 0.753. The van der Waals surface area contributed by atoms with E-state index in [1.54, 1.807) is 17.3 Å². The van der Waals surface area contributed by atoms with Crippen LogP contribution in [0.4, 0.5) is 17.3 Å². The Bertz CT molecular complexity index is 1480. The molecule has 3 aromatic heterocycles.